The van der Waals surface area contributed by atoms with Crippen molar-refractivity contribution < 1.29 is 36.9 Å². The summed E-state index contributed by atoms with van der Waals surface area (Å²) in [5.41, 5.74) is 5.13. The average molecular weight is 567 g/mol. The van der Waals surface area contributed by atoms with Crippen LogP contribution in [0.1, 0.15) is 60.0 Å². The van der Waals surface area contributed by atoms with E-state index in [0.717, 1.165) is 27.8 Å². The van der Waals surface area contributed by atoms with E-state index >= 15 is 4.39 Å². The lowest BCUT2D eigenvalue weighted by molar-refractivity contribution is -0.137. The van der Waals surface area contributed by atoms with Gasteiger partial charge in [0.15, 0.2) is 9.84 Å². The van der Waals surface area contributed by atoms with Crippen LogP contribution in [0.15, 0.2) is 48.5 Å². The van der Waals surface area contributed by atoms with E-state index < -0.39 is 21.9 Å². The van der Waals surface area contributed by atoms with Crippen LogP contribution in [0.25, 0.3) is 11.1 Å². The molecule has 2 aliphatic heterocycles. The molecule has 1 aliphatic carbocycles. The number of sulfone groups is 1. The summed E-state index contributed by atoms with van der Waals surface area (Å²) in [6, 6.07) is 14.5. The first-order valence-corrected chi connectivity index (χ1v) is 15.4. The Kier molecular flexibility index (Phi) is 6.94. The van der Waals surface area contributed by atoms with E-state index in [1.165, 1.54) is 6.07 Å². The number of aliphatic carboxylic acids is 1. The van der Waals surface area contributed by atoms with E-state index in [4.69, 9.17) is 19.3 Å². The molecule has 0 amide bonds. The molecule has 1 fully saturated rings. The van der Waals surface area contributed by atoms with Gasteiger partial charge >= 0.3 is 5.97 Å². The summed E-state index contributed by atoms with van der Waals surface area (Å²) in [5.74, 6) is 0.789. The van der Waals surface area contributed by atoms with Crippen LogP contribution in [0.4, 0.5) is 4.39 Å². The molecule has 0 spiro atoms. The lowest BCUT2D eigenvalue weighted by Crippen LogP contribution is -2.30. The summed E-state index contributed by atoms with van der Waals surface area (Å²) < 4.78 is 57.1. The molecule has 0 aromatic heterocycles. The van der Waals surface area contributed by atoms with E-state index in [1.807, 2.05) is 37.3 Å². The zero-order valence-electron chi connectivity index (χ0n) is 22.2. The van der Waals surface area contributed by atoms with Crippen LogP contribution in [-0.2, 0) is 21.1 Å². The van der Waals surface area contributed by atoms with Crippen molar-refractivity contribution >= 4 is 15.8 Å². The highest BCUT2D eigenvalue weighted by Gasteiger charge is 2.32. The molecule has 2 atom stereocenters. The Morgan fingerprint density at radius 1 is 1.05 bits per heavy atom. The van der Waals surface area contributed by atoms with Gasteiger partial charge in [0.05, 0.1) is 24.5 Å². The number of fused-ring (bicyclic) bond motifs is 2. The fraction of sp³-hybridized carbons (Fsp3) is 0.387. The molecular weight excluding hydrogens is 535 g/mol. The predicted molar refractivity (Wildman–Crippen MR) is 147 cm³/mol. The molecule has 1 saturated heterocycles. The van der Waals surface area contributed by atoms with Crippen LogP contribution in [0.5, 0.6) is 17.2 Å². The normalized spacial score (nSPS) is 21.4. The van der Waals surface area contributed by atoms with Crippen molar-refractivity contribution in [2.45, 2.75) is 57.2 Å². The van der Waals surface area contributed by atoms with Gasteiger partial charge in [-0.05, 0) is 73.1 Å². The minimum atomic E-state index is -2.97. The van der Waals surface area contributed by atoms with Crippen molar-refractivity contribution in [3.05, 3.63) is 76.6 Å². The minimum Gasteiger partial charge on any atom is -0.492 e. The number of rotatable bonds is 7. The van der Waals surface area contributed by atoms with Gasteiger partial charge in [-0.1, -0.05) is 24.3 Å². The number of carboxylic acids is 1. The minimum absolute atomic E-state index is 0.00537. The van der Waals surface area contributed by atoms with Crippen molar-refractivity contribution in [2.24, 2.45) is 0 Å². The number of ether oxygens (including phenoxy) is 3. The van der Waals surface area contributed by atoms with Crippen LogP contribution >= 0.6 is 0 Å². The summed E-state index contributed by atoms with van der Waals surface area (Å²) in [6.45, 7) is 2.29. The Morgan fingerprint density at radius 2 is 1.85 bits per heavy atom. The van der Waals surface area contributed by atoms with Crippen molar-refractivity contribution in [2.75, 3.05) is 18.1 Å². The SMILES string of the molecule is Cc1c(OC2CCS(=O)(=O)CC2)cccc1-c1ccc(F)c2c1CCC2Oc1ccc2c(c1)OC[C@H]2CC(=O)O. The summed E-state index contributed by atoms with van der Waals surface area (Å²) >= 11 is 0. The quantitative estimate of drug-likeness (QED) is 0.387. The maximum atomic E-state index is 15.2. The molecule has 3 aromatic rings. The van der Waals surface area contributed by atoms with Gasteiger partial charge in [-0.15, -0.1) is 0 Å². The lowest BCUT2D eigenvalue weighted by Gasteiger charge is -2.25. The molecule has 9 heteroatoms. The molecule has 40 heavy (non-hydrogen) atoms. The Morgan fingerprint density at radius 3 is 2.62 bits per heavy atom. The van der Waals surface area contributed by atoms with Crippen molar-refractivity contribution in [1.29, 1.82) is 0 Å². The van der Waals surface area contributed by atoms with Crippen LogP contribution in [0.3, 0.4) is 0 Å². The maximum Gasteiger partial charge on any atom is 0.304 e. The highest BCUT2D eigenvalue weighted by Crippen LogP contribution is 2.45. The van der Waals surface area contributed by atoms with Crippen molar-refractivity contribution in [3.63, 3.8) is 0 Å². The number of halogens is 1. The van der Waals surface area contributed by atoms with Crippen LogP contribution < -0.4 is 14.2 Å². The molecular formula is C31H31FO7S. The van der Waals surface area contributed by atoms with E-state index in [2.05, 4.69) is 0 Å². The number of carboxylic acid groups (broad SMARTS) is 1. The second-order valence-electron chi connectivity index (χ2n) is 10.8. The molecule has 0 saturated carbocycles. The second-order valence-corrected chi connectivity index (χ2v) is 13.1. The Bertz CT molecular complexity index is 1570. The van der Waals surface area contributed by atoms with E-state index in [0.29, 0.717) is 55.1 Å². The van der Waals surface area contributed by atoms with Crippen LogP contribution in [0.2, 0.25) is 0 Å². The molecule has 1 N–H and O–H groups in total. The summed E-state index contributed by atoms with van der Waals surface area (Å²) in [7, 11) is -2.97. The van der Waals surface area contributed by atoms with Gasteiger partial charge in [-0.3, -0.25) is 4.79 Å². The van der Waals surface area contributed by atoms with Gasteiger partial charge < -0.3 is 19.3 Å². The van der Waals surface area contributed by atoms with Crippen LogP contribution in [0, 0.1) is 12.7 Å². The molecule has 0 bridgehead atoms. The van der Waals surface area contributed by atoms with Gasteiger partial charge in [0.25, 0.3) is 0 Å². The van der Waals surface area contributed by atoms with Gasteiger partial charge in [0.2, 0.25) is 0 Å². The van der Waals surface area contributed by atoms with Crippen molar-refractivity contribution in [3.8, 4) is 28.4 Å². The van der Waals surface area contributed by atoms with E-state index in [9.17, 15) is 13.2 Å². The van der Waals surface area contributed by atoms with Crippen molar-refractivity contribution in [1.82, 2.24) is 0 Å². The second kappa shape index (κ2) is 10.4. The zero-order valence-corrected chi connectivity index (χ0v) is 23.0. The van der Waals surface area contributed by atoms with Gasteiger partial charge in [-0.25, -0.2) is 12.8 Å². The fourth-order valence-electron chi connectivity index (χ4n) is 6.12. The van der Waals surface area contributed by atoms with Gasteiger partial charge in [0, 0.05) is 23.1 Å². The van der Waals surface area contributed by atoms with Crippen LogP contribution in [-0.4, -0.2) is 43.7 Å². The molecule has 7 nitrogen and oxygen atoms in total. The number of hydrogen-bond acceptors (Lipinski definition) is 6. The third-order valence-corrected chi connectivity index (χ3v) is 9.93. The molecule has 6 rings (SSSR count). The molecule has 210 valence electrons. The Hall–Kier alpha value is -3.59. The third-order valence-electron chi connectivity index (χ3n) is 8.22. The summed E-state index contributed by atoms with van der Waals surface area (Å²) in [5, 5.41) is 9.15. The van der Waals surface area contributed by atoms with Gasteiger partial charge in [0.1, 0.15) is 35.3 Å². The molecule has 0 radical (unpaired) electrons. The lowest BCUT2D eigenvalue weighted by atomic mass is 9.93. The monoisotopic (exact) mass is 566 g/mol. The highest BCUT2D eigenvalue weighted by atomic mass is 32.2. The molecule has 1 unspecified atom stereocenters. The van der Waals surface area contributed by atoms with Gasteiger partial charge in [-0.2, -0.15) is 0 Å². The highest BCUT2D eigenvalue weighted by molar-refractivity contribution is 7.91. The Labute approximate surface area is 232 Å². The smallest absolute Gasteiger partial charge is 0.304 e. The standard InChI is InChI=1S/C31H31FO7S/c1-18-22(3-2-4-27(18)38-20-11-13-40(35,36)14-12-20)24-7-9-26(32)31-25(24)8-10-28(31)39-21-5-6-23-19(15-30(33)34)17-37-29(23)16-21/h2-7,9,16,19-20,28H,8,10-15,17H2,1H3,(H,33,34)/t19-,28?/m1/s1. The third kappa shape index (κ3) is 5.14. The topological polar surface area (TPSA) is 99.1 Å². The number of benzene rings is 3. The zero-order chi connectivity index (χ0) is 28.0. The first kappa shape index (κ1) is 26.6. The molecule has 3 aliphatic rings. The first-order valence-electron chi connectivity index (χ1n) is 13.6. The number of carbonyl (C=O) groups is 1. The van der Waals surface area contributed by atoms with E-state index in [1.54, 1.807) is 12.1 Å². The molecule has 3 aromatic carbocycles. The van der Waals surface area contributed by atoms with E-state index in [-0.39, 0.29) is 35.8 Å². The molecule has 2 heterocycles. The maximum absolute atomic E-state index is 15.2. The first-order chi connectivity index (χ1) is 19.2. The largest absolute Gasteiger partial charge is 0.492 e. The Balaban J connectivity index is 1.24. The predicted octanol–water partition coefficient (Wildman–Crippen LogP) is 5.77. The average Bonchev–Trinajstić information content (AvgIpc) is 3.51. The number of hydrogen-bond donors (Lipinski definition) is 1. The summed E-state index contributed by atoms with van der Waals surface area (Å²) in [4.78, 5) is 11.1. The summed E-state index contributed by atoms with van der Waals surface area (Å²) in [6.07, 6.45) is 1.62. The fourth-order valence-corrected chi connectivity index (χ4v) is 7.57.